The van der Waals surface area contributed by atoms with E-state index in [0.29, 0.717) is 24.9 Å². The molecule has 6 heteroatoms. The second-order valence-corrected chi connectivity index (χ2v) is 4.73. The molecule has 0 aliphatic heterocycles. The van der Waals surface area contributed by atoms with Crippen molar-refractivity contribution in [3.05, 3.63) is 22.4 Å². The number of aromatic nitrogens is 1. The zero-order valence-corrected chi connectivity index (χ0v) is 11.7. The van der Waals surface area contributed by atoms with Crippen LogP contribution in [0, 0.1) is 6.92 Å². The van der Waals surface area contributed by atoms with Crippen molar-refractivity contribution in [3.8, 4) is 0 Å². The van der Waals surface area contributed by atoms with Crippen LogP contribution in [0.15, 0.2) is 16.7 Å². The minimum Gasteiger partial charge on any atom is -0.481 e. The van der Waals surface area contributed by atoms with Gasteiger partial charge in [-0.15, -0.1) is 0 Å². The van der Waals surface area contributed by atoms with Crippen LogP contribution in [0.5, 0.6) is 0 Å². The fourth-order valence-electron chi connectivity index (χ4n) is 1.44. The number of aliphatic carboxylic acids is 1. The fourth-order valence-corrected chi connectivity index (χ4v) is 1.84. The van der Waals surface area contributed by atoms with Gasteiger partial charge in [0, 0.05) is 12.8 Å². The summed E-state index contributed by atoms with van der Waals surface area (Å²) in [7, 11) is 0. The van der Waals surface area contributed by atoms with Gasteiger partial charge in [-0.1, -0.05) is 0 Å². The van der Waals surface area contributed by atoms with E-state index in [1.54, 1.807) is 12.1 Å². The van der Waals surface area contributed by atoms with Crippen molar-refractivity contribution >= 4 is 33.5 Å². The Hall–Kier alpha value is -1.43. The molecule has 0 radical (unpaired) electrons. The molecule has 0 atom stereocenters. The monoisotopic (exact) mass is 314 g/mol. The second-order valence-electron chi connectivity index (χ2n) is 3.92. The number of unbranched alkanes of at least 4 members (excludes halogenated alkanes) is 1. The summed E-state index contributed by atoms with van der Waals surface area (Å²) >= 11 is 3.25. The molecule has 1 amide bonds. The molecular weight excluding hydrogens is 300 g/mol. The maximum atomic E-state index is 11.6. The third-order valence-electron chi connectivity index (χ3n) is 2.37. The van der Waals surface area contributed by atoms with Crippen LogP contribution in [0.25, 0.3) is 0 Å². The molecule has 0 saturated heterocycles. The van der Waals surface area contributed by atoms with E-state index >= 15 is 0 Å². The van der Waals surface area contributed by atoms with Crippen molar-refractivity contribution in [1.29, 1.82) is 0 Å². The molecule has 2 N–H and O–H groups in total. The van der Waals surface area contributed by atoms with Crippen molar-refractivity contribution in [2.75, 3.05) is 5.32 Å². The van der Waals surface area contributed by atoms with Gasteiger partial charge in [-0.05, 0) is 47.8 Å². The number of nitrogens with one attached hydrogen (secondary N) is 1. The third kappa shape index (κ3) is 5.27. The molecule has 5 nitrogen and oxygen atoms in total. The molecule has 0 fully saturated rings. The number of nitrogens with zero attached hydrogens (tertiary/aromatic N) is 1. The minimum atomic E-state index is -0.830. The van der Waals surface area contributed by atoms with Crippen molar-refractivity contribution < 1.29 is 14.7 Å². The lowest BCUT2D eigenvalue weighted by Crippen LogP contribution is -2.12. The number of carboxylic acid groups (broad SMARTS) is 1. The van der Waals surface area contributed by atoms with E-state index in [1.807, 2.05) is 6.92 Å². The molecule has 18 heavy (non-hydrogen) atoms. The van der Waals surface area contributed by atoms with E-state index in [9.17, 15) is 9.59 Å². The first-order valence-electron chi connectivity index (χ1n) is 5.64. The van der Waals surface area contributed by atoms with E-state index in [0.717, 1.165) is 10.3 Å². The highest BCUT2D eigenvalue weighted by atomic mass is 79.9. The SMILES string of the molecule is Cc1nc(Br)ccc1NC(=O)CCCCC(=O)O. The smallest absolute Gasteiger partial charge is 0.303 e. The van der Waals surface area contributed by atoms with Crippen molar-refractivity contribution in [2.24, 2.45) is 0 Å². The lowest BCUT2D eigenvalue weighted by molar-refractivity contribution is -0.137. The molecular formula is C12H15BrN2O3. The molecule has 1 heterocycles. The first-order valence-corrected chi connectivity index (χ1v) is 6.43. The summed E-state index contributed by atoms with van der Waals surface area (Å²) < 4.78 is 0.722. The molecule has 0 aliphatic carbocycles. The summed E-state index contributed by atoms with van der Waals surface area (Å²) in [5.74, 6) is -0.948. The van der Waals surface area contributed by atoms with Crippen LogP contribution in [0.1, 0.15) is 31.4 Å². The number of rotatable bonds is 6. The average molecular weight is 315 g/mol. The predicted molar refractivity (Wildman–Crippen MR) is 71.4 cm³/mol. The Morgan fingerprint density at radius 2 is 2.00 bits per heavy atom. The Kier molecular flexibility index (Phi) is 5.77. The Bertz CT molecular complexity index is 449. The quantitative estimate of drug-likeness (QED) is 0.625. The highest BCUT2D eigenvalue weighted by Crippen LogP contribution is 2.16. The van der Waals surface area contributed by atoms with Gasteiger partial charge >= 0.3 is 5.97 Å². The first kappa shape index (κ1) is 14.6. The minimum absolute atomic E-state index is 0.103. The first-order chi connectivity index (χ1) is 8.49. The number of amides is 1. The van der Waals surface area contributed by atoms with Crippen LogP contribution < -0.4 is 5.32 Å². The number of carboxylic acids is 1. The fraction of sp³-hybridized carbons (Fsp3) is 0.417. The van der Waals surface area contributed by atoms with Crippen molar-refractivity contribution in [3.63, 3.8) is 0 Å². The van der Waals surface area contributed by atoms with Crippen LogP contribution in [-0.2, 0) is 9.59 Å². The molecule has 0 bridgehead atoms. The molecule has 0 aromatic carbocycles. The number of halogens is 1. The number of pyridine rings is 1. The molecule has 1 aromatic heterocycles. The van der Waals surface area contributed by atoms with E-state index in [2.05, 4.69) is 26.2 Å². The summed E-state index contributed by atoms with van der Waals surface area (Å²) in [4.78, 5) is 26.1. The zero-order chi connectivity index (χ0) is 13.5. The van der Waals surface area contributed by atoms with Crippen LogP contribution in [0.4, 0.5) is 5.69 Å². The van der Waals surface area contributed by atoms with Gasteiger partial charge in [0.25, 0.3) is 0 Å². The Morgan fingerprint density at radius 3 is 2.61 bits per heavy atom. The summed E-state index contributed by atoms with van der Waals surface area (Å²) in [6, 6.07) is 3.54. The van der Waals surface area contributed by atoms with E-state index in [-0.39, 0.29) is 12.3 Å². The van der Waals surface area contributed by atoms with Gasteiger partial charge in [-0.3, -0.25) is 9.59 Å². The van der Waals surface area contributed by atoms with Gasteiger partial charge in [0.05, 0.1) is 11.4 Å². The molecule has 1 aromatic rings. The predicted octanol–water partition coefficient (Wildman–Crippen LogP) is 2.74. The topological polar surface area (TPSA) is 79.3 Å². The molecule has 1 rings (SSSR count). The lowest BCUT2D eigenvalue weighted by atomic mass is 10.2. The molecule has 0 aliphatic rings. The van der Waals surface area contributed by atoms with Crippen LogP contribution in [0.2, 0.25) is 0 Å². The highest BCUT2D eigenvalue weighted by Gasteiger charge is 2.06. The van der Waals surface area contributed by atoms with E-state index < -0.39 is 5.97 Å². The standard InChI is InChI=1S/C12H15BrN2O3/c1-8-9(6-7-10(13)14-8)15-11(16)4-2-3-5-12(17)18/h6-7H,2-5H2,1H3,(H,15,16)(H,17,18). The van der Waals surface area contributed by atoms with Gasteiger partial charge in [-0.2, -0.15) is 0 Å². The number of anilines is 1. The Morgan fingerprint density at radius 1 is 1.33 bits per heavy atom. The van der Waals surface area contributed by atoms with Crippen LogP contribution >= 0.6 is 15.9 Å². The zero-order valence-electron chi connectivity index (χ0n) is 10.1. The van der Waals surface area contributed by atoms with Gasteiger partial charge in [0.1, 0.15) is 4.60 Å². The summed E-state index contributed by atoms with van der Waals surface area (Å²) in [5.41, 5.74) is 1.42. The van der Waals surface area contributed by atoms with E-state index in [1.165, 1.54) is 0 Å². The highest BCUT2D eigenvalue weighted by molar-refractivity contribution is 9.10. The van der Waals surface area contributed by atoms with Crippen molar-refractivity contribution in [2.45, 2.75) is 32.6 Å². The van der Waals surface area contributed by atoms with Crippen LogP contribution in [0.3, 0.4) is 0 Å². The summed E-state index contributed by atoms with van der Waals surface area (Å²) in [6.45, 7) is 1.81. The molecule has 0 spiro atoms. The van der Waals surface area contributed by atoms with Gasteiger partial charge in [0.15, 0.2) is 0 Å². The second kappa shape index (κ2) is 7.10. The maximum absolute atomic E-state index is 11.6. The summed E-state index contributed by atoms with van der Waals surface area (Å²) in [6.07, 6.45) is 1.51. The largest absolute Gasteiger partial charge is 0.481 e. The number of hydrogen-bond donors (Lipinski definition) is 2. The number of hydrogen-bond acceptors (Lipinski definition) is 3. The molecule has 98 valence electrons. The van der Waals surface area contributed by atoms with Gasteiger partial charge in [-0.25, -0.2) is 4.98 Å². The third-order valence-corrected chi connectivity index (χ3v) is 2.81. The lowest BCUT2D eigenvalue weighted by Gasteiger charge is -2.07. The average Bonchev–Trinajstić information content (AvgIpc) is 2.28. The van der Waals surface area contributed by atoms with Gasteiger partial charge in [0.2, 0.25) is 5.91 Å². The Balaban J connectivity index is 2.38. The maximum Gasteiger partial charge on any atom is 0.303 e. The van der Waals surface area contributed by atoms with Gasteiger partial charge < -0.3 is 10.4 Å². The van der Waals surface area contributed by atoms with Crippen LogP contribution in [-0.4, -0.2) is 22.0 Å². The number of carbonyl (C=O) groups is 2. The number of carbonyl (C=O) groups excluding carboxylic acids is 1. The normalized spacial score (nSPS) is 10.1. The molecule has 0 unspecified atom stereocenters. The van der Waals surface area contributed by atoms with E-state index in [4.69, 9.17) is 5.11 Å². The summed E-state index contributed by atoms with van der Waals surface area (Å²) in [5, 5.41) is 11.2. The van der Waals surface area contributed by atoms with Crippen molar-refractivity contribution in [1.82, 2.24) is 4.98 Å². The molecule has 0 saturated carbocycles. The Labute approximate surface area is 114 Å². The number of aryl methyl sites for hydroxylation is 1.